The number of nitrogens with zero attached hydrogens (tertiary/aromatic N) is 2. The van der Waals surface area contributed by atoms with Gasteiger partial charge in [-0.2, -0.15) is 0 Å². The van der Waals surface area contributed by atoms with Crippen molar-refractivity contribution in [2.75, 3.05) is 33.9 Å². The fourth-order valence-corrected chi connectivity index (χ4v) is 5.40. The van der Waals surface area contributed by atoms with Gasteiger partial charge in [0.1, 0.15) is 17.3 Å². The van der Waals surface area contributed by atoms with Crippen molar-refractivity contribution < 1.29 is 18.7 Å². The van der Waals surface area contributed by atoms with Crippen molar-refractivity contribution in [1.82, 2.24) is 9.80 Å². The largest absolute Gasteiger partial charge is 0.496 e. The first-order valence-electron chi connectivity index (χ1n) is 11.5. The maximum atomic E-state index is 14.0. The number of rotatable bonds is 7. The van der Waals surface area contributed by atoms with E-state index in [0.717, 1.165) is 55.1 Å². The molecule has 6 heteroatoms. The quantitative estimate of drug-likeness (QED) is 0.647. The molecule has 32 heavy (non-hydrogen) atoms. The van der Waals surface area contributed by atoms with E-state index in [1.54, 1.807) is 20.3 Å². The van der Waals surface area contributed by atoms with E-state index in [2.05, 4.69) is 11.0 Å². The number of carbonyl (C=O) groups excluding carboxylic acids is 1. The Morgan fingerprint density at radius 2 is 1.88 bits per heavy atom. The van der Waals surface area contributed by atoms with Crippen LogP contribution in [0.5, 0.6) is 11.5 Å². The molecule has 5 nitrogen and oxygen atoms in total. The molecule has 0 saturated carbocycles. The van der Waals surface area contributed by atoms with Crippen molar-refractivity contribution in [1.29, 1.82) is 0 Å². The van der Waals surface area contributed by atoms with E-state index < -0.39 is 0 Å². The molecule has 0 bridgehead atoms. The van der Waals surface area contributed by atoms with Crippen LogP contribution in [0.25, 0.3) is 0 Å². The second kappa shape index (κ2) is 9.90. The zero-order valence-corrected chi connectivity index (χ0v) is 19.3. The Bertz CT molecular complexity index is 964. The Labute approximate surface area is 190 Å². The average Bonchev–Trinajstić information content (AvgIpc) is 2.80. The van der Waals surface area contributed by atoms with Crippen LogP contribution in [0.4, 0.5) is 4.39 Å². The van der Waals surface area contributed by atoms with E-state index in [9.17, 15) is 9.18 Å². The highest BCUT2D eigenvalue weighted by molar-refractivity contribution is 5.77. The predicted octanol–water partition coefficient (Wildman–Crippen LogP) is 4.21. The van der Waals surface area contributed by atoms with Crippen molar-refractivity contribution in [3.05, 3.63) is 58.9 Å². The SMILES string of the molecule is COc1ccc(CN2CC[C@@H]3[C@@H](CCC(=O)N3CCc3ccccc3F)C2)c(OC)c1C. The number of ether oxygens (including phenoxy) is 2. The Balaban J connectivity index is 1.42. The van der Waals surface area contributed by atoms with Gasteiger partial charge in [0.05, 0.1) is 14.2 Å². The Kier molecular flexibility index (Phi) is 6.99. The first-order chi connectivity index (χ1) is 15.5. The normalized spacial score (nSPS) is 21.4. The van der Waals surface area contributed by atoms with E-state index in [4.69, 9.17) is 9.47 Å². The minimum atomic E-state index is -0.188. The summed E-state index contributed by atoms with van der Waals surface area (Å²) in [6, 6.07) is 11.2. The molecule has 0 spiro atoms. The van der Waals surface area contributed by atoms with Gasteiger partial charge in [0.2, 0.25) is 5.91 Å². The van der Waals surface area contributed by atoms with Gasteiger partial charge in [-0.25, -0.2) is 4.39 Å². The van der Waals surface area contributed by atoms with Crippen LogP contribution in [-0.4, -0.2) is 55.6 Å². The molecular weight excluding hydrogens is 407 g/mol. The maximum absolute atomic E-state index is 14.0. The number of halogens is 1. The number of likely N-dealkylation sites (tertiary alicyclic amines) is 2. The fraction of sp³-hybridized carbons (Fsp3) is 0.500. The zero-order valence-electron chi connectivity index (χ0n) is 19.3. The van der Waals surface area contributed by atoms with Gasteiger partial charge >= 0.3 is 0 Å². The van der Waals surface area contributed by atoms with Crippen LogP contribution in [0.3, 0.4) is 0 Å². The van der Waals surface area contributed by atoms with Crippen LogP contribution in [0, 0.1) is 18.7 Å². The molecule has 2 aliphatic heterocycles. The third-order valence-electron chi connectivity index (χ3n) is 7.06. The lowest BCUT2D eigenvalue weighted by molar-refractivity contribution is -0.141. The standard InChI is InChI=1S/C26H33FN2O3/c1-18-24(31-2)10-8-21(26(18)32-3)17-28-14-13-23-20(16-28)9-11-25(30)29(23)15-12-19-6-4-5-7-22(19)27/h4-8,10,20,23H,9,11-17H2,1-3H3/t20-,23+/m0/s1. The molecule has 0 unspecified atom stereocenters. The van der Waals surface area contributed by atoms with Crippen molar-refractivity contribution in [2.45, 2.75) is 45.2 Å². The van der Waals surface area contributed by atoms with Crippen molar-refractivity contribution >= 4 is 5.91 Å². The van der Waals surface area contributed by atoms with Gasteiger partial charge in [-0.05, 0) is 49.8 Å². The summed E-state index contributed by atoms with van der Waals surface area (Å²) in [5.41, 5.74) is 2.86. The number of methoxy groups -OCH3 is 2. The minimum Gasteiger partial charge on any atom is -0.496 e. The highest BCUT2D eigenvalue weighted by Crippen LogP contribution is 2.35. The van der Waals surface area contributed by atoms with Crippen molar-refractivity contribution in [2.24, 2.45) is 5.92 Å². The Hall–Kier alpha value is -2.60. The monoisotopic (exact) mass is 440 g/mol. The van der Waals surface area contributed by atoms with Crippen LogP contribution < -0.4 is 9.47 Å². The average molecular weight is 441 g/mol. The molecule has 2 aromatic rings. The highest BCUT2D eigenvalue weighted by atomic mass is 19.1. The van der Waals surface area contributed by atoms with Crippen LogP contribution in [0.15, 0.2) is 36.4 Å². The van der Waals surface area contributed by atoms with Gasteiger partial charge in [-0.3, -0.25) is 9.69 Å². The van der Waals surface area contributed by atoms with Gasteiger partial charge in [-0.1, -0.05) is 24.3 Å². The predicted molar refractivity (Wildman–Crippen MR) is 123 cm³/mol. The number of fused-ring (bicyclic) bond motifs is 1. The molecule has 2 saturated heterocycles. The third kappa shape index (κ3) is 4.60. The second-order valence-electron chi connectivity index (χ2n) is 8.90. The van der Waals surface area contributed by atoms with E-state index in [1.807, 2.05) is 30.0 Å². The molecule has 0 aromatic heterocycles. The molecule has 2 heterocycles. The number of carbonyl (C=O) groups is 1. The van der Waals surface area contributed by atoms with Gasteiger partial charge < -0.3 is 14.4 Å². The van der Waals surface area contributed by atoms with Gasteiger partial charge in [-0.15, -0.1) is 0 Å². The van der Waals surface area contributed by atoms with Crippen LogP contribution in [-0.2, 0) is 17.8 Å². The smallest absolute Gasteiger partial charge is 0.222 e. The molecule has 2 fully saturated rings. The zero-order chi connectivity index (χ0) is 22.7. The number of benzene rings is 2. The van der Waals surface area contributed by atoms with E-state index in [0.29, 0.717) is 30.9 Å². The Morgan fingerprint density at radius 1 is 1.06 bits per heavy atom. The van der Waals surface area contributed by atoms with Crippen LogP contribution in [0.2, 0.25) is 0 Å². The minimum absolute atomic E-state index is 0.188. The summed E-state index contributed by atoms with van der Waals surface area (Å²) in [6.45, 7) is 5.32. The molecular formula is C26H33FN2O3. The molecule has 2 aromatic carbocycles. The summed E-state index contributed by atoms with van der Waals surface area (Å²) < 4.78 is 25.2. The molecule has 2 atom stereocenters. The first kappa shape index (κ1) is 22.6. The van der Waals surface area contributed by atoms with E-state index >= 15 is 0 Å². The summed E-state index contributed by atoms with van der Waals surface area (Å²) in [6.07, 6.45) is 3.02. The fourth-order valence-electron chi connectivity index (χ4n) is 5.40. The second-order valence-corrected chi connectivity index (χ2v) is 8.90. The lowest BCUT2D eigenvalue weighted by atomic mass is 9.83. The first-order valence-corrected chi connectivity index (χ1v) is 11.5. The summed E-state index contributed by atoms with van der Waals surface area (Å²) in [5.74, 6) is 2.19. The number of amides is 1. The molecule has 172 valence electrons. The van der Waals surface area contributed by atoms with Crippen molar-refractivity contribution in [3.8, 4) is 11.5 Å². The lowest BCUT2D eigenvalue weighted by Gasteiger charge is -2.47. The van der Waals surface area contributed by atoms with E-state index in [-0.39, 0.29) is 17.8 Å². The van der Waals surface area contributed by atoms with Gasteiger partial charge in [0.25, 0.3) is 0 Å². The molecule has 1 amide bonds. The molecule has 0 radical (unpaired) electrons. The molecule has 0 N–H and O–H groups in total. The number of hydrogen-bond donors (Lipinski definition) is 0. The third-order valence-corrected chi connectivity index (χ3v) is 7.06. The summed E-state index contributed by atoms with van der Waals surface area (Å²) >= 11 is 0. The van der Waals surface area contributed by atoms with E-state index in [1.165, 1.54) is 6.07 Å². The molecule has 4 rings (SSSR count). The lowest BCUT2D eigenvalue weighted by Crippen LogP contribution is -2.56. The number of hydrogen-bond acceptors (Lipinski definition) is 4. The Morgan fingerprint density at radius 3 is 2.62 bits per heavy atom. The topological polar surface area (TPSA) is 42.0 Å². The summed E-state index contributed by atoms with van der Waals surface area (Å²) in [7, 11) is 3.38. The van der Waals surface area contributed by atoms with Gasteiger partial charge in [0.15, 0.2) is 0 Å². The summed E-state index contributed by atoms with van der Waals surface area (Å²) in [5, 5.41) is 0. The van der Waals surface area contributed by atoms with Gasteiger partial charge in [0, 0.05) is 49.8 Å². The van der Waals surface area contributed by atoms with Crippen molar-refractivity contribution in [3.63, 3.8) is 0 Å². The molecule has 2 aliphatic rings. The summed E-state index contributed by atoms with van der Waals surface area (Å²) in [4.78, 5) is 17.2. The van der Waals surface area contributed by atoms with Crippen LogP contribution in [0.1, 0.15) is 36.0 Å². The highest BCUT2D eigenvalue weighted by Gasteiger charge is 2.39. The maximum Gasteiger partial charge on any atom is 0.222 e. The van der Waals surface area contributed by atoms with Crippen LogP contribution >= 0.6 is 0 Å². The number of piperidine rings is 2. The molecule has 0 aliphatic carbocycles.